The van der Waals surface area contributed by atoms with Crippen molar-refractivity contribution in [2.45, 2.75) is 58.4 Å². The van der Waals surface area contributed by atoms with Crippen LogP contribution in [-0.2, 0) is 0 Å². The zero-order valence-electron chi connectivity index (χ0n) is 10.9. The molecule has 1 heterocycles. The van der Waals surface area contributed by atoms with Crippen molar-refractivity contribution >= 4 is 5.95 Å². The summed E-state index contributed by atoms with van der Waals surface area (Å²) in [4.78, 5) is 8.61. The van der Waals surface area contributed by atoms with Crippen LogP contribution < -0.4 is 5.32 Å². The van der Waals surface area contributed by atoms with Crippen LogP contribution in [0.25, 0.3) is 0 Å². The molecule has 1 aliphatic carbocycles. The number of hydrogen-bond acceptors (Lipinski definition) is 3. The molecule has 1 saturated carbocycles. The van der Waals surface area contributed by atoms with Gasteiger partial charge in [-0.2, -0.15) is 0 Å². The molecule has 94 valence electrons. The third-order valence-corrected chi connectivity index (χ3v) is 3.65. The largest absolute Gasteiger partial charge is 0.352 e. The molecule has 0 bridgehead atoms. The Kier molecular flexibility index (Phi) is 4.35. The minimum atomic E-state index is 0.470. The smallest absolute Gasteiger partial charge is 0.223 e. The van der Waals surface area contributed by atoms with Crippen LogP contribution in [0.5, 0.6) is 0 Å². The fourth-order valence-electron chi connectivity index (χ4n) is 2.60. The third kappa shape index (κ3) is 3.99. The van der Waals surface area contributed by atoms with Gasteiger partial charge in [0.1, 0.15) is 0 Å². The van der Waals surface area contributed by atoms with E-state index in [4.69, 9.17) is 0 Å². The highest BCUT2D eigenvalue weighted by atomic mass is 15.1. The van der Waals surface area contributed by atoms with E-state index in [1.54, 1.807) is 0 Å². The van der Waals surface area contributed by atoms with Crippen molar-refractivity contribution in [3.8, 4) is 0 Å². The van der Waals surface area contributed by atoms with Gasteiger partial charge in [0.25, 0.3) is 0 Å². The van der Waals surface area contributed by atoms with Gasteiger partial charge in [0, 0.05) is 17.9 Å². The second-order valence-corrected chi connectivity index (χ2v) is 5.29. The lowest BCUT2D eigenvalue weighted by Crippen LogP contribution is -2.18. The van der Waals surface area contributed by atoms with Crippen LogP contribution in [0.1, 0.15) is 51.1 Å². The lowest BCUT2D eigenvalue weighted by atomic mass is 9.99. The summed E-state index contributed by atoms with van der Waals surface area (Å²) >= 11 is 0. The SMILES string of the molecule is Cc1ccnc(NC(C)CCC2CCCC2)n1. The second-order valence-electron chi connectivity index (χ2n) is 5.29. The minimum absolute atomic E-state index is 0.470. The minimum Gasteiger partial charge on any atom is -0.352 e. The summed E-state index contributed by atoms with van der Waals surface area (Å²) in [5.74, 6) is 1.74. The van der Waals surface area contributed by atoms with Crippen molar-refractivity contribution in [2.24, 2.45) is 5.92 Å². The van der Waals surface area contributed by atoms with Crippen molar-refractivity contribution in [3.63, 3.8) is 0 Å². The average molecular weight is 233 g/mol. The Morgan fingerprint density at radius 1 is 1.41 bits per heavy atom. The average Bonchev–Trinajstić information content (AvgIpc) is 2.79. The van der Waals surface area contributed by atoms with E-state index in [9.17, 15) is 0 Å². The molecule has 0 aromatic carbocycles. The first kappa shape index (κ1) is 12.3. The molecule has 0 aliphatic heterocycles. The maximum atomic E-state index is 4.37. The van der Waals surface area contributed by atoms with Gasteiger partial charge in [-0.15, -0.1) is 0 Å². The Bertz CT molecular complexity index is 345. The predicted molar refractivity (Wildman–Crippen MR) is 71.0 cm³/mol. The zero-order valence-corrected chi connectivity index (χ0v) is 10.9. The number of nitrogens with zero attached hydrogens (tertiary/aromatic N) is 2. The third-order valence-electron chi connectivity index (χ3n) is 3.65. The van der Waals surface area contributed by atoms with Gasteiger partial charge < -0.3 is 5.32 Å². The molecule has 0 saturated heterocycles. The van der Waals surface area contributed by atoms with E-state index in [1.807, 2.05) is 19.2 Å². The summed E-state index contributed by atoms with van der Waals surface area (Å²) in [6, 6.07) is 2.39. The van der Waals surface area contributed by atoms with Gasteiger partial charge in [-0.3, -0.25) is 0 Å². The Labute approximate surface area is 104 Å². The molecule has 1 atom stereocenters. The standard InChI is InChI=1S/C14H23N3/c1-11(7-8-13-5-3-4-6-13)16-14-15-10-9-12(2)17-14/h9-11,13H,3-8H2,1-2H3,(H,15,16,17). The normalized spacial score (nSPS) is 18.2. The van der Waals surface area contributed by atoms with Crippen molar-refractivity contribution in [1.29, 1.82) is 0 Å². The molecule has 1 unspecified atom stereocenters. The van der Waals surface area contributed by atoms with Crippen LogP contribution in [0.4, 0.5) is 5.95 Å². The first-order chi connectivity index (χ1) is 8.24. The lowest BCUT2D eigenvalue weighted by molar-refractivity contribution is 0.466. The molecule has 1 aliphatic rings. The van der Waals surface area contributed by atoms with E-state index in [1.165, 1.54) is 38.5 Å². The lowest BCUT2D eigenvalue weighted by Gasteiger charge is -2.16. The van der Waals surface area contributed by atoms with Crippen LogP contribution in [0, 0.1) is 12.8 Å². The van der Waals surface area contributed by atoms with E-state index in [-0.39, 0.29) is 0 Å². The molecule has 0 spiro atoms. The molecule has 3 heteroatoms. The Morgan fingerprint density at radius 2 is 2.18 bits per heavy atom. The Balaban J connectivity index is 1.74. The monoisotopic (exact) mass is 233 g/mol. The maximum Gasteiger partial charge on any atom is 0.223 e. The highest BCUT2D eigenvalue weighted by molar-refractivity contribution is 5.25. The fourth-order valence-corrected chi connectivity index (χ4v) is 2.60. The summed E-state index contributed by atoms with van der Waals surface area (Å²) in [6.45, 7) is 4.22. The highest BCUT2D eigenvalue weighted by Gasteiger charge is 2.15. The van der Waals surface area contributed by atoms with E-state index >= 15 is 0 Å². The molecule has 17 heavy (non-hydrogen) atoms. The quantitative estimate of drug-likeness (QED) is 0.845. The molecule has 0 amide bonds. The number of aryl methyl sites for hydroxylation is 1. The van der Waals surface area contributed by atoms with E-state index < -0.39 is 0 Å². The molecule has 3 nitrogen and oxygen atoms in total. The molecule has 1 aromatic rings. The Morgan fingerprint density at radius 3 is 2.88 bits per heavy atom. The number of hydrogen-bond donors (Lipinski definition) is 1. The van der Waals surface area contributed by atoms with Gasteiger partial charge in [0.15, 0.2) is 0 Å². The maximum absolute atomic E-state index is 4.37. The van der Waals surface area contributed by atoms with Gasteiger partial charge in [0.05, 0.1) is 0 Å². The van der Waals surface area contributed by atoms with Crippen LogP contribution >= 0.6 is 0 Å². The van der Waals surface area contributed by atoms with Gasteiger partial charge in [0.2, 0.25) is 5.95 Å². The number of aromatic nitrogens is 2. The molecule has 1 fully saturated rings. The predicted octanol–water partition coefficient (Wildman–Crippen LogP) is 3.56. The second kappa shape index (κ2) is 5.99. The molecule has 2 rings (SSSR count). The van der Waals surface area contributed by atoms with E-state index in [2.05, 4.69) is 22.2 Å². The van der Waals surface area contributed by atoms with Gasteiger partial charge >= 0.3 is 0 Å². The summed E-state index contributed by atoms with van der Waals surface area (Å²) in [5.41, 5.74) is 1.02. The van der Waals surface area contributed by atoms with E-state index in [0.717, 1.165) is 17.6 Å². The van der Waals surface area contributed by atoms with Crippen LogP contribution in [0.2, 0.25) is 0 Å². The van der Waals surface area contributed by atoms with Crippen LogP contribution in [-0.4, -0.2) is 16.0 Å². The Hall–Kier alpha value is -1.12. The van der Waals surface area contributed by atoms with Gasteiger partial charge in [-0.25, -0.2) is 9.97 Å². The topological polar surface area (TPSA) is 37.8 Å². The van der Waals surface area contributed by atoms with Crippen LogP contribution in [0.15, 0.2) is 12.3 Å². The van der Waals surface area contributed by atoms with E-state index in [0.29, 0.717) is 6.04 Å². The highest BCUT2D eigenvalue weighted by Crippen LogP contribution is 2.29. The number of rotatable bonds is 5. The summed E-state index contributed by atoms with van der Waals surface area (Å²) < 4.78 is 0. The van der Waals surface area contributed by atoms with Gasteiger partial charge in [-0.05, 0) is 38.7 Å². The molecular formula is C14H23N3. The summed E-state index contributed by atoms with van der Waals surface area (Å²) in [6.07, 6.45) is 10.1. The van der Waals surface area contributed by atoms with Crippen molar-refractivity contribution in [3.05, 3.63) is 18.0 Å². The number of nitrogens with one attached hydrogen (secondary N) is 1. The van der Waals surface area contributed by atoms with Crippen molar-refractivity contribution < 1.29 is 0 Å². The molecule has 1 N–H and O–H groups in total. The summed E-state index contributed by atoms with van der Waals surface area (Å²) in [7, 11) is 0. The number of anilines is 1. The fraction of sp³-hybridized carbons (Fsp3) is 0.714. The molecule has 1 aromatic heterocycles. The zero-order chi connectivity index (χ0) is 12.1. The van der Waals surface area contributed by atoms with Gasteiger partial charge in [-0.1, -0.05) is 25.7 Å². The van der Waals surface area contributed by atoms with Crippen molar-refractivity contribution in [2.75, 3.05) is 5.32 Å². The van der Waals surface area contributed by atoms with Crippen molar-refractivity contribution in [1.82, 2.24) is 9.97 Å². The first-order valence-corrected chi connectivity index (χ1v) is 6.80. The first-order valence-electron chi connectivity index (χ1n) is 6.80. The summed E-state index contributed by atoms with van der Waals surface area (Å²) in [5, 5.41) is 3.38. The molecule has 0 radical (unpaired) electrons. The van der Waals surface area contributed by atoms with Crippen LogP contribution in [0.3, 0.4) is 0 Å². The molecular weight excluding hydrogens is 210 g/mol.